The predicted octanol–water partition coefficient (Wildman–Crippen LogP) is 5.27. The van der Waals surface area contributed by atoms with Crippen LogP contribution in [0.2, 0.25) is 5.02 Å². The highest BCUT2D eigenvalue weighted by molar-refractivity contribution is 6.46. The fourth-order valence-electron chi connectivity index (χ4n) is 3.36. The highest BCUT2D eigenvalue weighted by Gasteiger charge is 2.40. The number of hydrogen-bond acceptors (Lipinski definition) is 4. The molecule has 31 heavy (non-hydrogen) atoms. The maximum atomic E-state index is 13.6. The summed E-state index contributed by atoms with van der Waals surface area (Å²) in [4.78, 5) is 27.7. The molecule has 1 N–H and O–H groups in total. The van der Waals surface area contributed by atoms with Crippen LogP contribution in [0.15, 0.2) is 78.5 Å². The molecule has 0 fully saturated rings. The third-order valence-corrected chi connectivity index (χ3v) is 5.04. The van der Waals surface area contributed by atoms with Crippen LogP contribution in [0.3, 0.4) is 0 Å². The molecular weight excluding hydrogens is 419 g/mol. The van der Waals surface area contributed by atoms with Gasteiger partial charge in [-0.05, 0) is 42.8 Å². The molecule has 7 heteroatoms. The molecule has 0 saturated carbocycles. The van der Waals surface area contributed by atoms with Crippen molar-refractivity contribution < 1.29 is 18.7 Å². The molecule has 0 atom stereocenters. The third kappa shape index (κ3) is 3.90. The number of anilines is 2. The summed E-state index contributed by atoms with van der Waals surface area (Å²) in [5, 5.41) is 2.91. The second kappa shape index (κ2) is 8.62. The number of halogens is 2. The number of benzene rings is 3. The van der Waals surface area contributed by atoms with E-state index in [0.29, 0.717) is 23.6 Å². The third-order valence-electron chi connectivity index (χ3n) is 4.75. The second-order valence-electron chi connectivity index (χ2n) is 6.71. The number of hydrogen-bond donors (Lipinski definition) is 1. The molecule has 2 amide bonds. The predicted molar refractivity (Wildman–Crippen MR) is 118 cm³/mol. The lowest BCUT2D eigenvalue weighted by molar-refractivity contribution is -0.120. The van der Waals surface area contributed by atoms with E-state index < -0.39 is 17.6 Å². The van der Waals surface area contributed by atoms with E-state index in [1.165, 1.54) is 12.1 Å². The van der Waals surface area contributed by atoms with Crippen molar-refractivity contribution in [1.29, 1.82) is 0 Å². The van der Waals surface area contributed by atoms with Gasteiger partial charge in [0.2, 0.25) is 0 Å². The first-order valence-electron chi connectivity index (χ1n) is 9.63. The van der Waals surface area contributed by atoms with E-state index in [4.69, 9.17) is 16.3 Å². The van der Waals surface area contributed by atoms with E-state index in [0.717, 1.165) is 11.0 Å². The Morgan fingerprint density at radius 2 is 1.68 bits per heavy atom. The standard InChI is InChI=1S/C24H18ClFN2O3/c1-2-31-20-11-7-6-10-19(20)27-22-21(15-8-4-3-5-9-15)23(29)28(24(22)30)16-12-13-18(26)17(25)14-16/h3-14,27H,2H2,1H3. The summed E-state index contributed by atoms with van der Waals surface area (Å²) in [7, 11) is 0. The van der Waals surface area contributed by atoms with Crippen LogP contribution in [-0.4, -0.2) is 18.4 Å². The Morgan fingerprint density at radius 3 is 2.39 bits per heavy atom. The Bertz CT molecular complexity index is 1190. The zero-order valence-corrected chi connectivity index (χ0v) is 17.3. The minimum atomic E-state index is -0.634. The van der Waals surface area contributed by atoms with E-state index >= 15 is 0 Å². The van der Waals surface area contributed by atoms with E-state index in [2.05, 4.69) is 5.32 Å². The van der Waals surface area contributed by atoms with Crippen LogP contribution in [0.25, 0.3) is 5.57 Å². The molecule has 1 heterocycles. The number of amides is 2. The van der Waals surface area contributed by atoms with Gasteiger partial charge < -0.3 is 10.1 Å². The summed E-state index contributed by atoms with van der Waals surface area (Å²) < 4.78 is 19.3. The topological polar surface area (TPSA) is 58.6 Å². The summed E-state index contributed by atoms with van der Waals surface area (Å²) in [6.07, 6.45) is 0. The molecule has 0 unspecified atom stereocenters. The van der Waals surface area contributed by atoms with Crippen molar-refractivity contribution in [2.75, 3.05) is 16.8 Å². The zero-order chi connectivity index (χ0) is 22.0. The first-order chi connectivity index (χ1) is 15.0. The van der Waals surface area contributed by atoms with Crippen LogP contribution in [0.1, 0.15) is 12.5 Å². The molecule has 0 aliphatic carbocycles. The minimum absolute atomic E-state index is 0.101. The molecule has 3 aromatic rings. The molecule has 0 aromatic heterocycles. The number of nitrogens with one attached hydrogen (secondary N) is 1. The van der Waals surface area contributed by atoms with Gasteiger partial charge in [0.05, 0.1) is 28.6 Å². The molecule has 3 aromatic carbocycles. The lowest BCUT2D eigenvalue weighted by Crippen LogP contribution is -2.32. The lowest BCUT2D eigenvalue weighted by Gasteiger charge is -2.16. The van der Waals surface area contributed by atoms with Gasteiger partial charge in [-0.2, -0.15) is 0 Å². The highest BCUT2D eigenvalue weighted by atomic mass is 35.5. The Hall–Kier alpha value is -3.64. The van der Waals surface area contributed by atoms with Crippen molar-refractivity contribution >= 4 is 40.4 Å². The fourth-order valence-corrected chi connectivity index (χ4v) is 3.54. The molecule has 5 nitrogen and oxygen atoms in total. The fraction of sp³-hybridized carbons (Fsp3) is 0.0833. The van der Waals surface area contributed by atoms with Crippen molar-refractivity contribution in [1.82, 2.24) is 0 Å². The smallest absolute Gasteiger partial charge is 0.282 e. The number of nitrogens with zero attached hydrogens (tertiary/aromatic N) is 1. The average Bonchev–Trinajstić information content (AvgIpc) is 3.02. The molecule has 0 spiro atoms. The Morgan fingerprint density at radius 1 is 0.968 bits per heavy atom. The summed E-state index contributed by atoms with van der Waals surface area (Å²) in [5.74, 6) is -1.19. The molecule has 0 radical (unpaired) electrons. The number of ether oxygens (including phenoxy) is 1. The number of imide groups is 1. The average molecular weight is 437 g/mol. The number of carbonyl (C=O) groups excluding carboxylic acids is 2. The van der Waals surface area contributed by atoms with Crippen LogP contribution in [0.5, 0.6) is 5.75 Å². The maximum absolute atomic E-state index is 13.6. The zero-order valence-electron chi connectivity index (χ0n) is 16.6. The monoisotopic (exact) mass is 436 g/mol. The van der Waals surface area contributed by atoms with Crippen molar-refractivity contribution in [3.05, 3.63) is 94.9 Å². The maximum Gasteiger partial charge on any atom is 0.282 e. The second-order valence-corrected chi connectivity index (χ2v) is 7.12. The van der Waals surface area contributed by atoms with Gasteiger partial charge in [-0.1, -0.05) is 54.1 Å². The summed E-state index contributed by atoms with van der Waals surface area (Å²) >= 11 is 5.89. The Labute approximate surface area is 183 Å². The van der Waals surface area contributed by atoms with Gasteiger partial charge in [-0.3, -0.25) is 9.59 Å². The van der Waals surface area contributed by atoms with Gasteiger partial charge in [0.25, 0.3) is 11.8 Å². The normalized spacial score (nSPS) is 13.7. The van der Waals surface area contributed by atoms with Gasteiger partial charge >= 0.3 is 0 Å². The van der Waals surface area contributed by atoms with Gasteiger partial charge in [-0.25, -0.2) is 9.29 Å². The van der Waals surface area contributed by atoms with E-state index in [-0.39, 0.29) is 22.0 Å². The molecule has 156 valence electrons. The number of para-hydroxylation sites is 2. The highest BCUT2D eigenvalue weighted by Crippen LogP contribution is 2.36. The Balaban J connectivity index is 1.82. The van der Waals surface area contributed by atoms with E-state index in [1.54, 1.807) is 42.5 Å². The lowest BCUT2D eigenvalue weighted by atomic mass is 10.0. The molecule has 1 aliphatic rings. The van der Waals surface area contributed by atoms with E-state index in [1.807, 2.05) is 19.1 Å². The molecular formula is C24H18ClFN2O3. The van der Waals surface area contributed by atoms with Crippen molar-refractivity contribution in [3.8, 4) is 5.75 Å². The van der Waals surface area contributed by atoms with Crippen LogP contribution in [-0.2, 0) is 9.59 Å². The summed E-state index contributed by atoms with van der Waals surface area (Å²) in [6, 6.07) is 19.7. The van der Waals surface area contributed by atoms with Gasteiger partial charge in [0.15, 0.2) is 0 Å². The molecule has 4 rings (SSSR count). The largest absolute Gasteiger partial charge is 0.492 e. The van der Waals surface area contributed by atoms with Crippen LogP contribution >= 0.6 is 11.6 Å². The molecule has 0 bridgehead atoms. The summed E-state index contributed by atoms with van der Waals surface area (Å²) in [5.41, 5.74) is 1.62. The SMILES string of the molecule is CCOc1ccccc1NC1=C(c2ccccc2)C(=O)N(c2ccc(F)c(Cl)c2)C1=O. The van der Waals surface area contributed by atoms with Crippen molar-refractivity contribution in [2.45, 2.75) is 6.92 Å². The van der Waals surface area contributed by atoms with E-state index in [9.17, 15) is 14.0 Å². The molecule has 0 saturated heterocycles. The van der Waals surface area contributed by atoms with Gasteiger partial charge in [0, 0.05) is 0 Å². The van der Waals surface area contributed by atoms with Crippen LogP contribution < -0.4 is 15.0 Å². The first kappa shape index (κ1) is 20.6. The van der Waals surface area contributed by atoms with Gasteiger partial charge in [-0.15, -0.1) is 0 Å². The quantitative estimate of drug-likeness (QED) is 0.534. The van der Waals surface area contributed by atoms with Crippen LogP contribution in [0, 0.1) is 5.82 Å². The Kier molecular flexibility index (Phi) is 5.73. The van der Waals surface area contributed by atoms with Crippen molar-refractivity contribution in [2.24, 2.45) is 0 Å². The first-order valence-corrected chi connectivity index (χ1v) is 10.0. The van der Waals surface area contributed by atoms with Gasteiger partial charge in [0.1, 0.15) is 17.3 Å². The van der Waals surface area contributed by atoms with Crippen molar-refractivity contribution in [3.63, 3.8) is 0 Å². The minimum Gasteiger partial charge on any atom is -0.492 e. The summed E-state index contributed by atoms with van der Waals surface area (Å²) in [6.45, 7) is 2.30. The molecule has 1 aliphatic heterocycles. The number of carbonyl (C=O) groups is 2. The number of rotatable bonds is 6. The van der Waals surface area contributed by atoms with Crippen LogP contribution in [0.4, 0.5) is 15.8 Å².